The van der Waals surface area contributed by atoms with Gasteiger partial charge in [-0.15, -0.1) is 11.3 Å². The van der Waals surface area contributed by atoms with Gasteiger partial charge in [-0.25, -0.2) is 0 Å². The van der Waals surface area contributed by atoms with E-state index in [0.29, 0.717) is 6.42 Å². The molecule has 1 aromatic heterocycles. The van der Waals surface area contributed by atoms with Gasteiger partial charge < -0.3 is 4.74 Å². The molecule has 2 nitrogen and oxygen atoms in total. The van der Waals surface area contributed by atoms with Crippen molar-refractivity contribution in [3.8, 4) is 5.75 Å². The van der Waals surface area contributed by atoms with Crippen molar-refractivity contribution >= 4 is 39.7 Å². The highest BCUT2D eigenvalue weighted by Crippen LogP contribution is 2.19. The van der Waals surface area contributed by atoms with E-state index in [1.54, 1.807) is 18.4 Å². The first kappa shape index (κ1) is 13.5. The SMILES string of the molecule is COc1ccc(CCC(=O)c2csc(I)c2)cc1. The van der Waals surface area contributed by atoms with Gasteiger partial charge in [-0.3, -0.25) is 4.79 Å². The Morgan fingerprint density at radius 3 is 2.61 bits per heavy atom. The number of carbonyl (C=O) groups is 1. The summed E-state index contributed by atoms with van der Waals surface area (Å²) in [7, 11) is 1.65. The number of rotatable bonds is 5. The number of ketones is 1. The monoisotopic (exact) mass is 372 g/mol. The molecule has 0 atom stereocenters. The molecule has 1 heterocycles. The second-order valence-electron chi connectivity index (χ2n) is 3.91. The minimum absolute atomic E-state index is 0.213. The van der Waals surface area contributed by atoms with Crippen LogP contribution in [0.5, 0.6) is 5.75 Å². The van der Waals surface area contributed by atoms with Crippen molar-refractivity contribution < 1.29 is 9.53 Å². The Morgan fingerprint density at radius 2 is 2.06 bits per heavy atom. The summed E-state index contributed by atoms with van der Waals surface area (Å²) < 4.78 is 6.25. The first-order valence-corrected chi connectivity index (χ1v) is 7.55. The van der Waals surface area contributed by atoms with Crippen molar-refractivity contribution in [3.05, 3.63) is 49.7 Å². The number of carbonyl (C=O) groups excluding carboxylic acids is 1. The van der Waals surface area contributed by atoms with Gasteiger partial charge in [0.25, 0.3) is 0 Å². The lowest BCUT2D eigenvalue weighted by atomic mass is 10.0. The molecule has 18 heavy (non-hydrogen) atoms. The normalized spacial score (nSPS) is 10.3. The number of hydrogen-bond donors (Lipinski definition) is 0. The van der Waals surface area contributed by atoms with Gasteiger partial charge in [0, 0.05) is 17.4 Å². The Kier molecular flexibility index (Phi) is 4.77. The van der Waals surface area contributed by atoms with Crippen LogP contribution in [-0.2, 0) is 6.42 Å². The molecule has 0 saturated heterocycles. The number of halogens is 1. The molecule has 0 amide bonds. The third kappa shape index (κ3) is 3.55. The van der Waals surface area contributed by atoms with Gasteiger partial charge in [0.1, 0.15) is 5.75 Å². The Bertz CT molecular complexity index is 531. The largest absolute Gasteiger partial charge is 0.497 e. The lowest BCUT2D eigenvalue weighted by Gasteiger charge is -2.02. The van der Waals surface area contributed by atoms with E-state index in [1.165, 1.54) is 0 Å². The quantitative estimate of drug-likeness (QED) is 0.582. The van der Waals surface area contributed by atoms with Crippen LogP contribution in [-0.4, -0.2) is 12.9 Å². The fourth-order valence-corrected chi connectivity index (χ4v) is 3.00. The molecule has 0 aliphatic heterocycles. The minimum atomic E-state index is 0.213. The van der Waals surface area contributed by atoms with Gasteiger partial charge in [-0.2, -0.15) is 0 Å². The lowest BCUT2D eigenvalue weighted by Crippen LogP contribution is -1.99. The van der Waals surface area contributed by atoms with Crippen molar-refractivity contribution in [2.75, 3.05) is 7.11 Å². The molecule has 94 valence electrons. The van der Waals surface area contributed by atoms with Gasteiger partial charge >= 0.3 is 0 Å². The van der Waals surface area contributed by atoms with Crippen molar-refractivity contribution in [2.45, 2.75) is 12.8 Å². The van der Waals surface area contributed by atoms with E-state index < -0.39 is 0 Å². The van der Waals surface area contributed by atoms with Crippen LogP contribution < -0.4 is 4.74 Å². The van der Waals surface area contributed by atoms with Gasteiger partial charge in [-0.1, -0.05) is 12.1 Å². The third-order valence-electron chi connectivity index (χ3n) is 2.69. The zero-order chi connectivity index (χ0) is 13.0. The minimum Gasteiger partial charge on any atom is -0.497 e. The fourth-order valence-electron chi connectivity index (χ4n) is 1.65. The molecular formula is C14H13IO2S. The van der Waals surface area contributed by atoms with Crippen LogP contribution in [0.25, 0.3) is 0 Å². The third-order valence-corrected chi connectivity index (χ3v) is 4.48. The van der Waals surface area contributed by atoms with E-state index in [4.69, 9.17) is 4.74 Å². The summed E-state index contributed by atoms with van der Waals surface area (Å²) in [5.41, 5.74) is 1.99. The highest BCUT2D eigenvalue weighted by Gasteiger charge is 2.08. The zero-order valence-electron chi connectivity index (χ0n) is 9.98. The molecule has 0 aliphatic carbocycles. The van der Waals surface area contributed by atoms with Gasteiger partial charge in [0.15, 0.2) is 5.78 Å². The molecule has 2 rings (SSSR count). The zero-order valence-corrected chi connectivity index (χ0v) is 13.0. The van der Waals surface area contributed by atoms with Crippen molar-refractivity contribution in [2.24, 2.45) is 0 Å². The summed E-state index contributed by atoms with van der Waals surface area (Å²) in [6.07, 6.45) is 1.33. The Hall–Kier alpha value is -0.880. The maximum atomic E-state index is 11.9. The summed E-state index contributed by atoms with van der Waals surface area (Å²) in [4.78, 5) is 11.9. The number of thiophene rings is 1. The molecular weight excluding hydrogens is 359 g/mol. The van der Waals surface area contributed by atoms with E-state index in [0.717, 1.165) is 26.2 Å². The summed E-state index contributed by atoms with van der Waals surface area (Å²) in [5, 5.41) is 1.93. The number of ether oxygens (including phenoxy) is 1. The highest BCUT2D eigenvalue weighted by atomic mass is 127. The fraction of sp³-hybridized carbons (Fsp3) is 0.214. The van der Waals surface area contributed by atoms with Crippen LogP contribution in [0.2, 0.25) is 0 Å². The van der Waals surface area contributed by atoms with E-state index in [-0.39, 0.29) is 5.78 Å². The van der Waals surface area contributed by atoms with E-state index >= 15 is 0 Å². The van der Waals surface area contributed by atoms with E-state index in [9.17, 15) is 4.79 Å². The Balaban J connectivity index is 1.92. The first-order chi connectivity index (χ1) is 8.69. The second kappa shape index (κ2) is 6.33. The summed E-state index contributed by atoms with van der Waals surface area (Å²) in [6.45, 7) is 0. The predicted octanol–water partition coefficient (Wildman–Crippen LogP) is 4.18. The average Bonchev–Trinajstić information content (AvgIpc) is 2.83. The molecule has 0 radical (unpaired) electrons. The molecule has 4 heteroatoms. The molecule has 1 aromatic carbocycles. The topological polar surface area (TPSA) is 26.3 Å². The number of aryl methyl sites for hydroxylation is 1. The molecule has 0 N–H and O–H groups in total. The summed E-state index contributed by atoms with van der Waals surface area (Å²) in [6, 6.07) is 9.80. The Labute approximate surface area is 124 Å². The predicted molar refractivity (Wildman–Crippen MR) is 82.7 cm³/mol. The summed E-state index contributed by atoms with van der Waals surface area (Å²) >= 11 is 3.84. The lowest BCUT2D eigenvalue weighted by molar-refractivity contribution is 0.0983. The molecule has 0 fully saturated rings. The van der Waals surface area contributed by atoms with E-state index in [1.807, 2.05) is 35.7 Å². The molecule has 0 spiro atoms. The summed E-state index contributed by atoms with van der Waals surface area (Å²) in [5.74, 6) is 1.06. The average molecular weight is 372 g/mol. The standard InChI is InChI=1S/C14H13IO2S/c1-17-12-5-2-10(3-6-12)4-7-13(16)11-8-14(15)18-9-11/h2-3,5-6,8-9H,4,7H2,1H3. The van der Waals surface area contributed by atoms with Crippen molar-refractivity contribution in [1.82, 2.24) is 0 Å². The van der Waals surface area contributed by atoms with Crippen LogP contribution in [0.15, 0.2) is 35.7 Å². The number of Topliss-reactive ketones (excluding diaryl/α,β-unsaturated/α-hetero) is 1. The molecule has 0 bridgehead atoms. The smallest absolute Gasteiger partial charge is 0.164 e. The Morgan fingerprint density at radius 1 is 1.33 bits per heavy atom. The molecule has 2 aromatic rings. The number of benzene rings is 1. The van der Waals surface area contributed by atoms with Crippen LogP contribution >= 0.6 is 33.9 Å². The van der Waals surface area contributed by atoms with Gasteiger partial charge in [0.2, 0.25) is 0 Å². The van der Waals surface area contributed by atoms with Crippen molar-refractivity contribution in [1.29, 1.82) is 0 Å². The number of methoxy groups -OCH3 is 1. The number of hydrogen-bond acceptors (Lipinski definition) is 3. The molecule has 0 unspecified atom stereocenters. The molecule has 0 aliphatic rings. The second-order valence-corrected chi connectivity index (χ2v) is 6.72. The molecule has 0 saturated carbocycles. The van der Waals surface area contributed by atoms with Crippen molar-refractivity contribution in [3.63, 3.8) is 0 Å². The van der Waals surface area contributed by atoms with Crippen LogP contribution in [0.4, 0.5) is 0 Å². The van der Waals surface area contributed by atoms with Crippen LogP contribution in [0.1, 0.15) is 22.3 Å². The van der Waals surface area contributed by atoms with Crippen LogP contribution in [0.3, 0.4) is 0 Å². The first-order valence-electron chi connectivity index (χ1n) is 5.59. The van der Waals surface area contributed by atoms with Crippen LogP contribution in [0, 0.1) is 2.88 Å². The van der Waals surface area contributed by atoms with Gasteiger partial charge in [0.05, 0.1) is 9.99 Å². The maximum Gasteiger partial charge on any atom is 0.164 e. The maximum absolute atomic E-state index is 11.9. The van der Waals surface area contributed by atoms with Gasteiger partial charge in [-0.05, 0) is 52.8 Å². The highest BCUT2D eigenvalue weighted by molar-refractivity contribution is 14.1. The van der Waals surface area contributed by atoms with E-state index in [2.05, 4.69) is 22.6 Å².